The molecule has 0 unspecified atom stereocenters. The van der Waals surface area contributed by atoms with Crippen LogP contribution in [0.2, 0.25) is 0 Å². The number of hydrogen-bond acceptors (Lipinski definition) is 4. The van der Waals surface area contributed by atoms with Gasteiger partial charge in [-0.2, -0.15) is 8.42 Å². The highest BCUT2D eigenvalue weighted by molar-refractivity contribution is 7.90. The molecule has 0 aliphatic carbocycles. The van der Waals surface area contributed by atoms with E-state index in [0.29, 0.717) is 16.9 Å². The van der Waals surface area contributed by atoms with Gasteiger partial charge in [0, 0.05) is 5.56 Å². The molecule has 0 aromatic heterocycles. The molecule has 0 radical (unpaired) electrons. The zero-order valence-electron chi connectivity index (χ0n) is 10.4. The molecule has 1 N–H and O–H groups in total. The van der Waals surface area contributed by atoms with E-state index in [0.717, 1.165) is 0 Å². The Hall–Kier alpha value is -2.18. The third kappa shape index (κ3) is 2.09. The number of para-hydroxylation sites is 1. The monoisotopic (exact) mass is 289 g/mol. The lowest BCUT2D eigenvalue weighted by Crippen LogP contribution is -2.09. The molecular formula is C14H11NO4S. The lowest BCUT2D eigenvalue weighted by molar-refractivity contribution is 0.278. The molecule has 1 heterocycles. The maximum atomic E-state index is 11.9. The molecule has 0 saturated heterocycles. The van der Waals surface area contributed by atoms with Crippen molar-refractivity contribution in [3.63, 3.8) is 0 Å². The number of sulfonamides is 1. The van der Waals surface area contributed by atoms with Crippen LogP contribution < -0.4 is 4.74 Å². The molecule has 1 aliphatic heterocycles. The fraction of sp³-hybridized carbons (Fsp3) is 0.0714. The van der Waals surface area contributed by atoms with E-state index >= 15 is 0 Å². The van der Waals surface area contributed by atoms with E-state index in [1.165, 1.54) is 6.07 Å². The van der Waals surface area contributed by atoms with Gasteiger partial charge < -0.3 is 9.84 Å². The van der Waals surface area contributed by atoms with Crippen LogP contribution in [-0.2, 0) is 16.6 Å². The normalized spacial score (nSPS) is 15.6. The fourth-order valence-corrected chi connectivity index (χ4v) is 3.12. The zero-order valence-corrected chi connectivity index (χ0v) is 11.2. The van der Waals surface area contributed by atoms with Crippen LogP contribution in [-0.4, -0.2) is 19.4 Å². The third-order valence-corrected chi connectivity index (χ3v) is 4.27. The molecule has 20 heavy (non-hydrogen) atoms. The van der Waals surface area contributed by atoms with Crippen LogP contribution in [0.15, 0.2) is 57.8 Å². The number of ether oxygens (including phenoxy) is 1. The number of fused-ring (bicyclic) bond motifs is 1. The van der Waals surface area contributed by atoms with Gasteiger partial charge in [0.1, 0.15) is 10.6 Å². The van der Waals surface area contributed by atoms with Gasteiger partial charge in [-0.1, -0.05) is 30.3 Å². The van der Waals surface area contributed by atoms with Gasteiger partial charge in [0.25, 0.3) is 10.0 Å². The summed E-state index contributed by atoms with van der Waals surface area (Å²) in [5, 5.41) is 9.25. The number of aliphatic hydroxyl groups is 1. The van der Waals surface area contributed by atoms with E-state index in [4.69, 9.17) is 4.74 Å². The summed E-state index contributed by atoms with van der Waals surface area (Å²) in [6.07, 6.45) is 0. The highest BCUT2D eigenvalue weighted by Crippen LogP contribution is 2.28. The summed E-state index contributed by atoms with van der Waals surface area (Å²) in [6.45, 7) is -0.197. The number of nitrogens with zero attached hydrogens (tertiary/aromatic N) is 1. The fourth-order valence-electron chi connectivity index (χ4n) is 1.99. The second-order valence-corrected chi connectivity index (χ2v) is 5.81. The van der Waals surface area contributed by atoms with Gasteiger partial charge in [0.15, 0.2) is 0 Å². The standard InChI is InChI=1S/C14H11NO4S/c16-9-10-5-1-3-7-12(10)19-14-11-6-2-4-8-13(11)20(17,18)15-14/h1-8,16H,9H2. The van der Waals surface area contributed by atoms with Gasteiger partial charge in [-0.15, -0.1) is 4.40 Å². The zero-order chi connectivity index (χ0) is 14.2. The number of hydrogen-bond donors (Lipinski definition) is 1. The lowest BCUT2D eigenvalue weighted by Gasteiger charge is -2.08. The van der Waals surface area contributed by atoms with E-state index < -0.39 is 10.0 Å². The molecular weight excluding hydrogens is 278 g/mol. The molecule has 0 fully saturated rings. The minimum absolute atomic E-state index is 0.0292. The average Bonchev–Trinajstić information content (AvgIpc) is 2.71. The third-order valence-electron chi connectivity index (χ3n) is 2.95. The second kappa shape index (κ2) is 4.73. The first kappa shape index (κ1) is 12.8. The van der Waals surface area contributed by atoms with Crippen molar-refractivity contribution in [1.29, 1.82) is 0 Å². The first-order valence-corrected chi connectivity index (χ1v) is 7.37. The van der Waals surface area contributed by atoms with Crippen molar-refractivity contribution in [3.8, 4) is 5.75 Å². The Balaban J connectivity index is 2.05. The van der Waals surface area contributed by atoms with E-state index in [-0.39, 0.29) is 17.4 Å². The SMILES string of the molecule is O=S1(=O)N=C(Oc2ccccc2CO)c2ccccc21. The Labute approximate surface area is 116 Å². The summed E-state index contributed by atoms with van der Waals surface area (Å²) in [5.74, 6) is 0.419. The van der Waals surface area contributed by atoms with Crippen molar-refractivity contribution in [2.75, 3.05) is 0 Å². The summed E-state index contributed by atoms with van der Waals surface area (Å²) in [5.41, 5.74) is 0.997. The van der Waals surface area contributed by atoms with E-state index in [1.807, 2.05) is 0 Å². The van der Waals surface area contributed by atoms with Crippen LogP contribution in [0.1, 0.15) is 11.1 Å². The number of aliphatic hydroxyl groups excluding tert-OH is 1. The molecule has 102 valence electrons. The molecule has 0 saturated carbocycles. The molecule has 2 aromatic carbocycles. The van der Waals surface area contributed by atoms with Crippen LogP contribution in [0.4, 0.5) is 0 Å². The van der Waals surface area contributed by atoms with Gasteiger partial charge in [-0.25, -0.2) is 0 Å². The van der Waals surface area contributed by atoms with E-state index in [1.54, 1.807) is 42.5 Å². The van der Waals surface area contributed by atoms with Crippen molar-refractivity contribution >= 4 is 15.9 Å². The molecule has 5 nitrogen and oxygen atoms in total. The van der Waals surface area contributed by atoms with Crippen LogP contribution in [0.25, 0.3) is 0 Å². The summed E-state index contributed by atoms with van der Waals surface area (Å²) >= 11 is 0. The van der Waals surface area contributed by atoms with Crippen molar-refractivity contribution in [1.82, 2.24) is 0 Å². The molecule has 2 aromatic rings. The Morgan fingerprint density at radius 1 is 1.05 bits per heavy atom. The van der Waals surface area contributed by atoms with Gasteiger partial charge in [-0.05, 0) is 18.2 Å². The average molecular weight is 289 g/mol. The molecule has 1 aliphatic rings. The van der Waals surface area contributed by atoms with Gasteiger partial charge in [0.2, 0.25) is 5.90 Å². The minimum Gasteiger partial charge on any atom is -0.437 e. The molecule has 0 atom stereocenters. The molecule has 0 spiro atoms. The van der Waals surface area contributed by atoms with Crippen molar-refractivity contribution in [2.24, 2.45) is 4.40 Å². The molecule has 0 bridgehead atoms. The van der Waals surface area contributed by atoms with E-state index in [2.05, 4.69) is 4.40 Å². The Morgan fingerprint density at radius 2 is 1.75 bits per heavy atom. The van der Waals surface area contributed by atoms with Crippen LogP contribution in [0, 0.1) is 0 Å². The van der Waals surface area contributed by atoms with Gasteiger partial charge >= 0.3 is 0 Å². The predicted molar refractivity (Wildman–Crippen MR) is 73.2 cm³/mol. The second-order valence-electron chi connectivity index (χ2n) is 4.24. The van der Waals surface area contributed by atoms with Crippen molar-refractivity contribution in [2.45, 2.75) is 11.5 Å². The number of benzene rings is 2. The highest BCUT2D eigenvalue weighted by Gasteiger charge is 2.30. The predicted octanol–water partition coefficient (Wildman–Crippen LogP) is 1.71. The summed E-state index contributed by atoms with van der Waals surface area (Å²) < 4.78 is 33.0. The van der Waals surface area contributed by atoms with Crippen LogP contribution in [0.5, 0.6) is 5.75 Å². The first-order valence-electron chi connectivity index (χ1n) is 5.93. The van der Waals surface area contributed by atoms with Crippen molar-refractivity contribution < 1.29 is 18.3 Å². The Morgan fingerprint density at radius 3 is 2.55 bits per heavy atom. The topological polar surface area (TPSA) is 76.0 Å². The summed E-state index contributed by atoms with van der Waals surface area (Å²) in [4.78, 5) is 0.136. The molecule has 0 amide bonds. The lowest BCUT2D eigenvalue weighted by atomic mass is 10.2. The highest BCUT2D eigenvalue weighted by atomic mass is 32.2. The number of rotatable bonds is 2. The Bertz CT molecular complexity index is 796. The maximum absolute atomic E-state index is 11.9. The van der Waals surface area contributed by atoms with Gasteiger partial charge in [-0.3, -0.25) is 0 Å². The molecule has 3 rings (SSSR count). The first-order chi connectivity index (χ1) is 9.62. The largest absolute Gasteiger partial charge is 0.437 e. The van der Waals surface area contributed by atoms with Crippen LogP contribution in [0.3, 0.4) is 0 Å². The maximum Gasteiger partial charge on any atom is 0.286 e. The van der Waals surface area contributed by atoms with E-state index in [9.17, 15) is 13.5 Å². The summed E-state index contributed by atoms with van der Waals surface area (Å²) in [7, 11) is -3.69. The van der Waals surface area contributed by atoms with Gasteiger partial charge in [0.05, 0.1) is 12.2 Å². The quantitative estimate of drug-likeness (QED) is 0.913. The Kier molecular flexibility index (Phi) is 3.04. The smallest absolute Gasteiger partial charge is 0.286 e. The molecule has 6 heteroatoms. The van der Waals surface area contributed by atoms with Crippen molar-refractivity contribution in [3.05, 3.63) is 59.7 Å². The summed E-state index contributed by atoms with van der Waals surface area (Å²) in [6, 6.07) is 13.3. The minimum atomic E-state index is -3.69. The van der Waals surface area contributed by atoms with Crippen LogP contribution >= 0.6 is 0 Å².